The molecule has 1 aromatic heterocycles. The summed E-state index contributed by atoms with van der Waals surface area (Å²) in [5.41, 5.74) is 1.88. The lowest BCUT2D eigenvalue weighted by Gasteiger charge is -2.11. The number of aromatic nitrogens is 2. The fraction of sp³-hybridized carbons (Fsp3) is 0.0476. The van der Waals surface area contributed by atoms with Gasteiger partial charge in [0.25, 0.3) is 10.0 Å². The van der Waals surface area contributed by atoms with E-state index in [1.807, 2.05) is 0 Å². The molecule has 9 nitrogen and oxygen atoms in total. The molecule has 4 rings (SSSR count). The van der Waals surface area contributed by atoms with Gasteiger partial charge in [-0.15, -0.1) is 0 Å². The van der Waals surface area contributed by atoms with Crippen molar-refractivity contribution in [3.63, 3.8) is 0 Å². The van der Waals surface area contributed by atoms with Crippen LogP contribution in [0, 0.1) is 0 Å². The molecular formula is C21H17N3O6S2. The molecule has 32 heavy (non-hydrogen) atoms. The maximum atomic E-state index is 13.0. The second kappa shape index (κ2) is 7.77. The van der Waals surface area contributed by atoms with Crippen molar-refractivity contribution in [2.45, 2.75) is 9.79 Å². The minimum Gasteiger partial charge on any atom is -0.478 e. The minimum absolute atomic E-state index is 0.0906. The summed E-state index contributed by atoms with van der Waals surface area (Å²) in [7, 11) is -7.98. The van der Waals surface area contributed by atoms with Crippen LogP contribution >= 0.6 is 0 Å². The van der Waals surface area contributed by atoms with E-state index in [0.29, 0.717) is 22.2 Å². The molecule has 3 N–H and O–H groups in total. The van der Waals surface area contributed by atoms with Gasteiger partial charge in [-0.2, -0.15) is 5.10 Å². The number of hydrogen-bond acceptors (Lipinski definition) is 6. The lowest BCUT2D eigenvalue weighted by molar-refractivity contribution is 0.0697. The van der Waals surface area contributed by atoms with Crippen LogP contribution in [-0.4, -0.2) is 44.4 Å². The Kier molecular flexibility index (Phi) is 5.23. The molecule has 4 aromatic rings. The van der Waals surface area contributed by atoms with Crippen LogP contribution in [0.2, 0.25) is 0 Å². The Bertz CT molecular complexity index is 1570. The van der Waals surface area contributed by atoms with Crippen LogP contribution in [0.3, 0.4) is 0 Å². The summed E-state index contributed by atoms with van der Waals surface area (Å²) in [6, 6.07) is 16.2. The number of anilines is 1. The van der Waals surface area contributed by atoms with Gasteiger partial charge < -0.3 is 5.11 Å². The fourth-order valence-corrected chi connectivity index (χ4v) is 5.97. The van der Waals surface area contributed by atoms with Crippen LogP contribution in [0.25, 0.3) is 22.2 Å². The van der Waals surface area contributed by atoms with Crippen LogP contribution in [0.4, 0.5) is 5.69 Å². The van der Waals surface area contributed by atoms with Gasteiger partial charge in [0.05, 0.1) is 21.7 Å². The molecule has 164 valence electrons. The number of sulfonamides is 1. The predicted molar refractivity (Wildman–Crippen MR) is 119 cm³/mol. The first-order valence-corrected chi connectivity index (χ1v) is 12.6. The number of rotatable bonds is 6. The average Bonchev–Trinajstić information content (AvgIpc) is 3.16. The molecule has 0 atom stereocenters. The number of hydrogen-bond donors (Lipinski definition) is 3. The van der Waals surface area contributed by atoms with Crippen LogP contribution in [0.15, 0.2) is 76.5 Å². The molecule has 0 radical (unpaired) electrons. The predicted octanol–water partition coefficient (Wildman–Crippen LogP) is 3.13. The smallest absolute Gasteiger partial charge is 0.335 e. The van der Waals surface area contributed by atoms with Gasteiger partial charge in [0, 0.05) is 22.9 Å². The van der Waals surface area contributed by atoms with Gasteiger partial charge in [-0.25, -0.2) is 21.6 Å². The molecule has 0 amide bonds. The van der Waals surface area contributed by atoms with Gasteiger partial charge >= 0.3 is 5.97 Å². The van der Waals surface area contributed by atoms with E-state index in [1.165, 1.54) is 42.5 Å². The van der Waals surface area contributed by atoms with Crippen molar-refractivity contribution in [2.75, 3.05) is 11.0 Å². The summed E-state index contributed by atoms with van der Waals surface area (Å²) in [4.78, 5) is 10.6. The van der Waals surface area contributed by atoms with Crippen molar-refractivity contribution >= 4 is 42.4 Å². The number of benzene rings is 3. The maximum absolute atomic E-state index is 13.0. The Morgan fingerprint density at radius 2 is 1.66 bits per heavy atom. The second-order valence-electron chi connectivity index (χ2n) is 7.04. The van der Waals surface area contributed by atoms with Crippen molar-refractivity contribution in [1.82, 2.24) is 10.2 Å². The van der Waals surface area contributed by atoms with E-state index in [0.717, 1.165) is 6.26 Å². The number of H-pyrrole nitrogens is 1. The molecule has 0 aliphatic heterocycles. The summed E-state index contributed by atoms with van der Waals surface area (Å²) in [5.74, 6) is -1.08. The molecule has 3 aromatic carbocycles. The molecule has 0 fully saturated rings. The molecule has 0 spiro atoms. The lowest BCUT2D eigenvalue weighted by Crippen LogP contribution is -2.16. The standard InChI is InChI=1S/C21H17N3O6S2/c1-31(27,28)18-7-2-3-8-19(18)32(29,30)24-15-9-10-17-16(12-15)20(23-22-17)13-5-4-6-14(11-13)21(25)26/h2-12,24H,1H3,(H,22,23)(H,25,26). The largest absolute Gasteiger partial charge is 0.478 e. The van der Waals surface area contributed by atoms with Gasteiger partial charge in [-0.3, -0.25) is 9.82 Å². The first-order valence-electron chi connectivity index (χ1n) is 9.20. The zero-order chi connectivity index (χ0) is 23.1. The topological polar surface area (TPSA) is 146 Å². The number of sulfone groups is 1. The Morgan fingerprint density at radius 1 is 0.938 bits per heavy atom. The van der Waals surface area contributed by atoms with E-state index in [-0.39, 0.29) is 21.0 Å². The number of aromatic amines is 1. The van der Waals surface area contributed by atoms with E-state index in [9.17, 15) is 26.7 Å². The maximum Gasteiger partial charge on any atom is 0.335 e. The average molecular weight is 472 g/mol. The highest BCUT2D eigenvalue weighted by atomic mass is 32.2. The molecule has 0 bridgehead atoms. The number of carboxylic acid groups (broad SMARTS) is 1. The van der Waals surface area contributed by atoms with Gasteiger partial charge in [0.15, 0.2) is 9.84 Å². The van der Waals surface area contributed by atoms with Crippen LogP contribution < -0.4 is 4.72 Å². The summed E-state index contributed by atoms with van der Waals surface area (Å²) in [6.45, 7) is 0. The number of fused-ring (bicyclic) bond motifs is 1. The Balaban J connectivity index is 1.77. The zero-order valence-electron chi connectivity index (χ0n) is 16.6. The summed E-state index contributed by atoms with van der Waals surface area (Å²) >= 11 is 0. The number of nitrogens with zero attached hydrogens (tertiary/aromatic N) is 1. The number of carboxylic acids is 1. The van der Waals surface area contributed by atoms with Crippen LogP contribution in [0.1, 0.15) is 10.4 Å². The number of carbonyl (C=O) groups is 1. The van der Waals surface area contributed by atoms with Crippen LogP contribution in [-0.2, 0) is 19.9 Å². The third-order valence-corrected chi connectivity index (χ3v) is 7.46. The minimum atomic E-state index is -4.21. The van der Waals surface area contributed by atoms with Crippen LogP contribution in [0.5, 0.6) is 0 Å². The highest BCUT2D eigenvalue weighted by molar-refractivity contribution is 7.95. The lowest BCUT2D eigenvalue weighted by atomic mass is 10.0. The highest BCUT2D eigenvalue weighted by Crippen LogP contribution is 2.30. The number of nitrogens with one attached hydrogen (secondary N) is 2. The summed E-state index contributed by atoms with van der Waals surface area (Å²) in [5, 5.41) is 16.9. The van der Waals surface area contributed by atoms with E-state index >= 15 is 0 Å². The molecular weight excluding hydrogens is 454 g/mol. The molecule has 0 unspecified atom stereocenters. The monoisotopic (exact) mass is 471 g/mol. The van der Waals surface area contributed by atoms with Crippen molar-refractivity contribution < 1.29 is 26.7 Å². The van der Waals surface area contributed by atoms with E-state index in [2.05, 4.69) is 14.9 Å². The second-order valence-corrected chi connectivity index (χ2v) is 10.7. The molecule has 0 aliphatic rings. The van der Waals surface area contributed by atoms with E-state index < -0.39 is 25.8 Å². The molecule has 0 saturated carbocycles. The first kappa shape index (κ1) is 21.5. The summed E-state index contributed by atoms with van der Waals surface area (Å²) < 4.78 is 52.4. The Labute approximate surface area is 183 Å². The number of aromatic carboxylic acids is 1. The van der Waals surface area contributed by atoms with E-state index in [1.54, 1.807) is 24.3 Å². The normalized spacial score (nSPS) is 12.0. The third kappa shape index (κ3) is 4.07. The van der Waals surface area contributed by atoms with Crippen molar-refractivity contribution in [3.05, 3.63) is 72.3 Å². The van der Waals surface area contributed by atoms with Gasteiger partial charge in [-0.05, 0) is 42.5 Å². The highest BCUT2D eigenvalue weighted by Gasteiger charge is 2.24. The first-order chi connectivity index (χ1) is 15.1. The van der Waals surface area contributed by atoms with Crippen molar-refractivity contribution in [2.24, 2.45) is 0 Å². The Hall–Kier alpha value is -3.70. The summed E-state index contributed by atoms with van der Waals surface area (Å²) in [6.07, 6.45) is 0.941. The Morgan fingerprint density at radius 3 is 2.34 bits per heavy atom. The molecule has 1 heterocycles. The van der Waals surface area contributed by atoms with E-state index in [4.69, 9.17) is 0 Å². The molecule has 0 aliphatic carbocycles. The van der Waals surface area contributed by atoms with Crippen molar-refractivity contribution in [3.8, 4) is 11.3 Å². The van der Waals surface area contributed by atoms with Gasteiger partial charge in [-0.1, -0.05) is 24.3 Å². The fourth-order valence-electron chi connectivity index (χ4n) is 3.29. The molecule has 11 heteroatoms. The SMILES string of the molecule is CS(=O)(=O)c1ccccc1S(=O)(=O)Nc1ccc2[nH]nc(-c3cccc(C(=O)O)c3)c2c1. The zero-order valence-corrected chi connectivity index (χ0v) is 18.2. The third-order valence-electron chi connectivity index (χ3n) is 4.74. The molecule has 0 saturated heterocycles. The van der Waals surface area contributed by atoms with Gasteiger partial charge in [0.1, 0.15) is 4.90 Å². The van der Waals surface area contributed by atoms with Gasteiger partial charge in [0.2, 0.25) is 0 Å². The quantitative estimate of drug-likeness (QED) is 0.391. The van der Waals surface area contributed by atoms with Crippen molar-refractivity contribution in [1.29, 1.82) is 0 Å².